The number of rotatable bonds is 18. The quantitative estimate of drug-likeness (QED) is 0.0344. The minimum Gasteiger partial charge on any atom is -0.432 e. The summed E-state index contributed by atoms with van der Waals surface area (Å²) in [4.78, 5) is 15.0. The molecule has 89 heavy (non-hydrogen) atoms. The first-order chi connectivity index (χ1) is 42.1. The fourth-order valence-electron chi connectivity index (χ4n) is 16.3. The van der Waals surface area contributed by atoms with Gasteiger partial charge in [0.25, 0.3) is 0 Å². The van der Waals surface area contributed by atoms with Crippen LogP contribution in [0.15, 0.2) is 12.2 Å². The van der Waals surface area contributed by atoms with E-state index in [-0.39, 0.29) is 18.8 Å². The smallest absolute Gasteiger partial charge is 0.314 e. The average molecular weight is 1290 g/mol. The van der Waals surface area contributed by atoms with Gasteiger partial charge in [-0.3, -0.25) is 4.79 Å². The summed E-state index contributed by atoms with van der Waals surface area (Å²) >= 11 is 0. The molecule has 10 aliphatic rings. The van der Waals surface area contributed by atoms with Gasteiger partial charge in [-0.25, -0.2) is 0 Å². The van der Waals surface area contributed by atoms with Gasteiger partial charge in [-0.05, 0) is 86.5 Å². The molecule has 0 amide bonds. The van der Waals surface area contributed by atoms with Gasteiger partial charge in [-0.2, -0.15) is 0 Å². The van der Waals surface area contributed by atoms with Crippen molar-refractivity contribution in [2.24, 2.45) is 28.1 Å². The zero-order chi connectivity index (χ0) is 64.7. The lowest BCUT2D eigenvalue weighted by Gasteiger charge is -2.64. The van der Waals surface area contributed by atoms with Crippen molar-refractivity contribution in [2.75, 3.05) is 39.6 Å². The molecule has 0 radical (unpaired) electrons. The maximum atomic E-state index is 15.0. The maximum Gasteiger partial charge on any atom is 0.314 e. The van der Waals surface area contributed by atoms with Crippen LogP contribution in [0, 0.1) is 28.1 Å². The van der Waals surface area contributed by atoms with Crippen molar-refractivity contribution in [3.05, 3.63) is 12.2 Å². The first kappa shape index (κ1) is 69.8. The van der Waals surface area contributed by atoms with Crippen molar-refractivity contribution in [3.8, 4) is 0 Å². The number of esters is 1. The van der Waals surface area contributed by atoms with Crippen LogP contribution in [0.5, 0.6) is 0 Å². The van der Waals surface area contributed by atoms with E-state index in [0.717, 1.165) is 0 Å². The Bertz CT molecular complexity index is 2390. The first-order valence-electron chi connectivity index (χ1n) is 30.4. The first-order valence-corrected chi connectivity index (χ1v) is 30.4. The van der Waals surface area contributed by atoms with Gasteiger partial charge in [0.1, 0.15) is 140 Å². The summed E-state index contributed by atoms with van der Waals surface area (Å²) in [6.45, 7) is 3.32. The zero-order valence-corrected chi connectivity index (χ0v) is 49.0. The number of aliphatic hydroxyl groups is 20. The molecule has 33 nitrogen and oxygen atoms in total. The second kappa shape index (κ2) is 27.2. The number of carbonyl (C=O) groups excluding carboxylic acids is 1. The molecule has 36 atom stereocenters. The molecule has 32 unspecified atom stereocenters. The number of hydrogen-bond donors (Lipinski definition) is 20. The van der Waals surface area contributed by atoms with Crippen LogP contribution < -0.4 is 0 Å². The molecule has 6 saturated heterocycles. The molecule has 4 aliphatic carbocycles. The van der Waals surface area contributed by atoms with Gasteiger partial charge >= 0.3 is 5.97 Å². The summed E-state index contributed by atoms with van der Waals surface area (Å²) in [6, 6.07) is 0. The predicted molar refractivity (Wildman–Crippen MR) is 284 cm³/mol. The van der Waals surface area contributed by atoms with Crippen LogP contribution in [0.1, 0.15) is 71.6 Å². The normalized spacial score (nSPS) is 54.5. The Balaban J connectivity index is 0.938. The second-order valence-corrected chi connectivity index (χ2v) is 26.5. The average Bonchev–Trinajstić information content (AvgIpc) is 1.62. The highest BCUT2D eigenvalue weighted by atomic mass is 16.8. The number of hydrogen-bond acceptors (Lipinski definition) is 33. The molecular formula is C56H90O33. The van der Waals surface area contributed by atoms with Crippen molar-refractivity contribution in [1.29, 1.82) is 0 Å². The van der Waals surface area contributed by atoms with E-state index in [9.17, 15) is 102 Å². The molecular weight excluding hydrogens is 1200 g/mol. The second-order valence-electron chi connectivity index (χ2n) is 26.5. The van der Waals surface area contributed by atoms with Gasteiger partial charge in [-0.15, -0.1) is 0 Å². The van der Waals surface area contributed by atoms with Gasteiger partial charge in [0, 0.05) is 0 Å². The Labute approximate surface area is 509 Å². The Morgan fingerprint density at radius 3 is 1.36 bits per heavy atom. The standard InChI is InChI=1S/C56H90O33/c1-19-11-55-9-5-26-53(2,7-4-8-54(26,3)52(77)88-50-44(38(72)32(66)24(16-61)83-50)86-48-41(75)36(70)30(64)22(14-59)81-48)27(55)6-10-56(19,18-55)89-51-45(87-49-42(76)37(71)31(65)23(15-60)82-49)43(85-47-40(74)35(69)29(63)21(13-58)80-47)33(67)25(84-51)17-78-46-39(73)34(68)28(62)20(12-57)79-46/h20-51,57-76H,1,4-18H2,2-3H3/t20?,21?,22?,23?,24?,25?,26?,27-,28?,29?,30?,31?,32?,33?,34?,35?,36?,37?,38?,39?,40?,41?,42?,43?,44?,45?,46?,47?,48?,49?,50?,51?,53+,54+,55+,56?/m0/s1. The highest BCUT2D eigenvalue weighted by molar-refractivity contribution is 5.77. The monoisotopic (exact) mass is 1290 g/mol. The van der Waals surface area contributed by atoms with Crippen LogP contribution in [-0.4, -0.2) is 338 Å². The third kappa shape index (κ3) is 12.4. The van der Waals surface area contributed by atoms with Gasteiger partial charge in [-0.1, -0.05) is 19.9 Å². The SMILES string of the molecule is C=C1C[C@@]23CCC4[C@](C)(C(=O)OC5OC(CO)C(O)C(O)C5OC5OC(CO)C(O)C(O)C5O)CCC[C@@]4(C)[C@@H]2CCC1(OC1OC(COC2OC(CO)C(O)C(O)C2O)C(O)C(OC2OC(CO)C(O)C(O)C2O)C1OC1OC(CO)C(O)C(O)C1O)C3. The molecule has 4 saturated carbocycles. The van der Waals surface area contributed by atoms with E-state index in [4.69, 9.17) is 56.8 Å². The molecule has 20 N–H and O–H groups in total. The highest BCUT2D eigenvalue weighted by Gasteiger charge is 2.70. The van der Waals surface area contributed by atoms with Crippen molar-refractivity contribution < 1.29 is 164 Å². The van der Waals surface area contributed by atoms with E-state index in [1.807, 2.05) is 0 Å². The van der Waals surface area contributed by atoms with E-state index in [1.165, 1.54) is 0 Å². The van der Waals surface area contributed by atoms with E-state index in [1.54, 1.807) is 6.92 Å². The van der Waals surface area contributed by atoms with E-state index < -0.39 is 258 Å². The van der Waals surface area contributed by atoms with E-state index in [2.05, 4.69) is 13.5 Å². The van der Waals surface area contributed by atoms with Gasteiger partial charge < -0.3 is 159 Å². The molecule has 512 valence electrons. The molecule has 0 aromatic carbocycles. The molecule has 6 aliphatic heterocycles. The lowest BCUT2D eigenvalue weighted by molar-refractivity contribution is -0.403. The molecule has 10 rings (SSSR count). The molecule has 6 heterocycles. The number of fused-ring (bicyclic) bond motifs is 3. The topological polar surface area (TPSA) is 532 Å². The van der Waals surface area contributed by atoms with Crippen LogP contribution in [0.3, 0.4) is 0 Å². The third-order valence-electron chi connectivity index (χ3n) is 21.3. The lowest BCUT2D eigenvalue weighted by Crippen LogP contribution is -2.68. The highest BCUT2D eigenvalue weighted by Crippen LogP contribution is 2.74. The van der Waals surface area contributed by atoms with Crippen molar-refractivity contribution in [3.63, 3.8) is 0 Å². The van der Waals surface area contributed by atoms with Gasteiger partial charge in [0.15, 0.2) is 37.6 Å². The number of ether oxygens (including phenoxy) is 12. The minimum absolute atomic E-state index is 0.154. The summed E-state index contributed by atoms with van der Waals surface area (Å²) in [7, 11) is 0. The Morgan fingerprint density at radius 1 is 0.449 bits per heavy atom. The van der Waals surface area contributed by atoms with Crippen molar-refractivity contribution in [1.82, 2.24) is 0 Å². The third-order valence-corrected chi connectivity index (χ3v) is 21.3. The summed E-state index contributed by atoms with van der Waals surface area (Å²) in [5.74, 6) is -1.33. The Hall–Kier alpha value is -2.03. The fraction of sp³-hybridized carbons (Fsp3) is 0.946. The van der Waals surface area contributed by atoms with Crippen LogP contribution >= 0.6 is 0 Å². The fourth-order valence-corrected chi connectivity index (χ4v) is 16.3. The largest absolute Gasteiger partial charge is 0.432 e. The summed E-state index contributed by atoms with van der Waals surface area (Å²) in [6.07, 6.45) is -51.6. The Morgan fingerprint density at radius 2 is 0.865 bits per heavy atom. The molecule has 33 heteroatoms. The van der Waals surface area contributed by atoms with Gasteiger partial charge in [0.2, 0.25) is 6.29 Å². The number of aliphatic hydroxyl groups excluding tert-OH is 20. The maximum absolute atomic E-state index is 15.0. The summed E-state index contributed by atoms with van der Waals surface area (Å²) in [5, 5.41) is 215. The predicted octanol–water partition coefficient (Wildman–Crippen LogP) is -9.47. The van der Waals surface area contributed by atoms with Crippen LogP contribution in [0.25, 0.3) is 0 Å². The van der Waals surface area contributed by atoms with Crippen molar-refractivity contribution >= 4 is 5.97 Å². The molecule has 1 spiro atoms. The zero-order valence-electron chi connectivity index (χ0n) is 49.0. The minimum atomic E-state index is -2.10. The molecule has 0 aromatic heterocycles. The van der Waals surface area contributed by atoms with E-state index in [0.29, 0.717) is 50.5 Å². The van der Waals surface area contributed by atoms with Crippen LogP contribution in [0.2, 0.25) is 0 Å². The van der Waals surface area contributed by atoms with E-state index >= 15 is 4.79 Å². The molecule has 2 bridgehead atoms. The Kier molecular flexibility index (Phi) is 21.4. The summed E-state index contributed by atoms with van der Waals surface area (Å²) < 4.78 is 72.6. The van der Waals surface area contributed by atoms with Crippen LogP contribution in [-0.2, 0) is 61.6 Å². The van der Waals surface area contributed by atoms with Crippen molar-refractivity contribution in [2.45, 2.75) is 261 Å². The molecule has 10 fully saturated rings. The van der Waals surface area contributed by atoms with Gasteiger partial charge in [0.05, 0.1) is 50.7 Å². The lowest BCUT2D eigenvalue weighted by atomic mass is 9.41. The number of carbonyl (C=O) groups is 1. The summed E-state index contributed by atoms with van der Waals surface area (Å²) in [5.41, 5.74) is -3.27. The molecule has 0 aromatic rings. The van der Waals surface area contributed by atoms with Crippen LogP contribution in [0.4, 0.5) is 0 Å².